The Hall–Kier alpha value is -1.53. The summed E-state index contributed by atoms with van der Waals surface area (Å²) in [4.78, 5) is 0. The molecule has 0 radical (unpaired) electrons. The van der Waals surface area contributed by atoms with Crippen LogP contribution in [0.4, 0.5) is 4.39 Å². The number of benzene rings is 1. The van der Waals surface area contributed by atoms with E-state index >= 15 is 0 Å². The predicted octanol–water partition coefficient (Wildman–Crippen LogP) is 3.96. The van der Waals surface area contributed by atoms with E-state index in [9.17, 15) is 4.39 Å². The second kappa shape index (κ2) is 4.38. The largest absolute Gasteiger partial charge is 0.328 e. The summed E-state index contributed by atoms with van der Waals surface area (Å²) < 4.78 is 15.5. The molecule has 0 aliphatic heterocycles. The van der Waals surface area contributed by atoms with Gasteiger partial charge in [0.15, 0.2) is 0 Å². The maximum Gasteiger partial charge on any atom is 0.147 e. The molecule has 2 nitrogen and oxygen atoms in total. The fourth-order valence-electron chi connectivity index (χ4n) is 1.98. The van der Waals surface area contributed by atoms with Crippen molar-refractivity contribution in [1.82, 2.24) is 4.57 Å². The first-order valence-electron chi connectivity index (χ1n) is 5.42. The van der Waals surface area contributed by atoms with E-state index in [0.717, 1.165) is 0 Å². The predicted molar refractivity (Wildman–Crippen MR) is 66.5 cm³/mol. The molecule has 17 heavy (non-hydrogen) atoms. The highest BCUT2D eigenvalue weighted by Gasteiger charge is 2.18. The molecule has 1 aromatic carbocycles. The Bertz CT molecular complexity index is 608. The van der Waals surface area contributed by atoms with Crippen LogP contribution in [0.25, 0.3) is 10.9 Å². The highest BCUT2D eigenvalue weighted by molar-refractivity contribution is 6.32. The summed E-state index contributed by atoms with van der Waals surface area (Å²) >= 11 is 6.14. The number of hydrogen-bond acceptors (Lipinski definition) is 1. The van der Waals surface area contributed by atoms with Gasteiger partial charge in [0, 0.05) is 11.9 Å². The first-order valence-corrected chi connectivity index (χ1v) is 5.80. The van der Waals surface area contributed by atoms with Crippen LogP contribution in [0.2, 0.25) is 5.15 Å². The minimum atomic E-state index is -0.341. The van der Waals surface area contributed by atoms with Crippen LogP contribution in [0.3, 0.4) is 0 Å². The number of rotatable bonds is 2. The van der Waals surface area contributed by atoms with Gasteiger partial charge in [-0.15, -0.1) is 0 Å². The van der Waals surface area contributed by atoms with Crippen molar-refractivity contribution in [1.29, 1.82) is 5.26 Å². The van der Waals surface area contributed by atoms with E-state index in [1.54, 1.807) is 16.7 Å². The Morgan fingerprint density at radius 2 is 2.18 bits per heavy atom. The molecule has 1 aromatic heterocycles. The Balaban J connectivity index is 2.82. The molecule has 0 fully saturated rings. The van der Waals surface area contributed by atoms with Crippen LogP contribution in [0, 0.1) is 23.1 Å². The molecule has 0 aliphatic rings. The second-order valence-electron chi connectivity index (χ2n) is 4.42. The van der Waals surface area contributed by atoms with Crippen LogP contribution in [-0.2, 0) is 6.54 Å². The standard InChI is InChI=1S/C13H12ClFN2/c1-8(2)7-17-12-9(4-3-5-11(12)15)10(6-16)13(17)14/h3-5,8H,7H2,1-2H3. The third kappa shape index (κ3) is 1.89. The van der Waals surface area contributed by atoms with Crippen LogP contribution in [-0.4, -0.2) is 4.57 Å². The molecule has 0 saturated carbocycles. The Morgan fingerprint density at radius 3 is 2.76 bits per heavy atom. The lowest BCUT2D eigenvalue weighted by Crippen LogP contribution is -2.05. The molecule has 0 saturated heterocycles. The first-order chi connectivity index (χ1) is 8.06. The third-order valence-electron chi connectivity index (χ3n) is 2.63. The summed E-state index contributed by atoms with van der Waals surface area (Å²) in [5, 5.41) is 9.99. The van der Waals surface area contributed by atoms with Crippen LogP contribution >= 0.6 is 11.6 Å². The number of nitrogens with zero attached hydrogens (tertiary/aromatic N) is 2. The number of para-hydroxylation sites is 1. The van der Waals surface area contributed by atoms with Crippen molar-refractivity contribution in [2.45, 2.75) is 20.4 Å². The van der Waals surface area contributed by atoms with Gasteiger partial charge in [0.25, 0.3) is 0 Å². The number of halogens is 2. The molecule has 88 valence electrons. The molecule has 0 aliphatic carbocycles. The van der Waals surface area contributed by atoms with Crippen molar-refractivity contribution < 1.29 is 4.39 Å². The molecule has 4 heteroatoms. The number of hydrogen-bond donors (Lipinski definition) is 0. The van der Waals surface area contributed by atoms with Gasteiger partial charge in [0.1, 0.15) is 17.0 Å². The topological polar surface area (TPSA) is 28.7 Å². The zero-order chi connectivity index (χ0) is 12.6. The van der Waals surface area contributed by atoms with Gasteiger partial charge in [-0.2, -0.15) is 5.26 Å². The maximum absolute atomic E-state index is 13.8. The lowest BCUT2D eigenvalue weighted by molar-refractivity contribution is 0.527. The molecule has 0 amide bonds. The fourth-order valence-corrected chi connectivity index (χ4v) is 2.28. The molecule has 0 atom stereocenters. The van der Waals surface area contributed by atoms with E-state index < -0.39 is 0 Å². The van der Waals surface area contributed by atoms with Gasteiger partial charge in [0.2, 0.25) is 0 Å². The van der Waals surface area contributed by atoms with Crippen LogP contribution in [0.1, 0.15) is 19.4 Å². The first kappa shape index (κ1) is 11.9. The van der Waals surface area contributed by atoms with Crippen molar-refractivity contribution in [2.75, 3.05) is 0 Å². The van der Waals surface area contributed by atoms with Crippen molar-refractivity contribution >= 4 is 22.5 Å². The molecule has 2 rings (SSSR count). The Kier molecular flexibility index (Phi) is 3.08. The normalized spacial score (nSPS) is 11.1. The highest BCUT2D eigenvalue weighted by atomic mass is 35.5. The van der Waals surface area contributed by atoms with Gasteiger partial charge in [-0.25, -0.2) is 4.39 Å². The van der Waals surface area contributed by atoms with Gasteiger partial charge in [0.05, 0.1) is 11.1 Å². The maximum atomic E-state index is 13.8. The highest BCUT2D eigenvalue weighted by Crippen LogP contribution is 2.31. The smallest absolute Gasteiger partial charge is 0.147 e. The lowest BCUT2D eigenvalue weighted by Gasteiger charge is -2.10. The molecule has 1 heterocycles. The number of aromatic nitrogens is 1. The van der Waals surface area contributed by atoms with Gasteiger partial charge in [-0.3, -0.25) is 0 Å². The average molecular weight is 251 g/mol. The van der Waals surface area contributed by atoms with E-state index in [-0.39, 0.29) is 5.82 Å². The number of fused-ring (bicyclic) bond motifs is 1. The van der Waals surface area contributed by atoms with E-state index in [2.05, 4.69) is 0 Å². The van der Waals surface area contributed by atoms with Gasteiger partial charge in [-0.05, 0) is 12.0 Å². The van der Waals surface area contributed by atoms with Crippen molar-refractivity contribution in [3.05, 3.63) is 34.7 Å². The Labute approximate surface area is 104 Å². The molecule has 0 N–H and O–H groups in total. The third-order valence-corrected chi connectivity index (χ3v) is 3.02. The van der Waals surface area contributed by atoms with Gasteiger partial charge >= 0.3 is 0 Å². The molecule has 0 bridgehead atoms. The SMILES string of the molecule is CC(C)Cn1c(Cl)c(C#N)c2cccc(F)c21. The molecule has 2 aromatic rings. The van der Waals surface area contributed by atoms with Gasteiger partial charge in [-0.1, -0.05) is 37.6 Å². The lowest BCUT2D eigenvalue weighted by atomic mass is 10.2. The summed E-state index contributed by atoms with van der Waals surface area (Å²) in [7, 11) is 0. The van der Waals surface area contributed by atoms with Crippen molar-refractivity contribution in [3.63, 3.8) is 0 Å². The van der Waals surface area contributed by atoms with E-state index in [1.807, 2.05) is 19.9 Å². The molecular formula is C13H12ClFN2. The summed E-state index contributed by atoms with van der Waals surface area (Å²) in [6.07, 6.45) is 0. The summed E-state index contributed by atoms with van der Waals surface area (Å²) in [5.41, 5.74) is 0.768. The van der Waals surface area contributed by atoms with E-state index in [4.69, 9.17) is 16.9 Å². The van der Waals surface area contributed by atoms with Crippen LogP contribution in [0.15, 0.2) is 18.2 Å². The average Bonchev–Trinajstić information content (AvgIpc) is 2.52. The van der Waals surface area contributed by atoms with Crippen LogP contribution < -0.4 is 0 Å². The minimum absolute atomic E-state index is 0.321. The van der Waals surface area contributed by atoms with Crippen molar-refractivity contribution in [3.8, 4) is 6.07 Å². The molecular weight excluding hydrogens is 239 g/mol. The molecule has 0 unspecified atom stereocenters. The summed E-state index contributed by atoms with van der Waals surface area (Å²) in [6.45, 7) is 4.64. The summed E-state index contributed by atoms with van der Waals surface area (Å²) in [6, 6.07) is 6.74. The zero-order valence-electron chi connectivity index (χ0n) is 9.67. The van der Waals surface area contributed by atoms with Crippen molar-refractivity contribution in [2.24, 2.45) is 5.92 Å². The zero-order valence-corrected chi connectivity index (χ0v) is 10.4. The second-order valence-corrected chi connectivity index (χ2v) is 4.78. The monoisotopic (exact) mass is 250 g/mol. The number of nitriles is 1. The van der Waals surface area contributed by atoms with E-state index in [0.29, 0.717) is 34.1 Å². The van der Waals surface area contributed by atoms with E-state index in [1.165, 1.54) is 6.07 Å². The summed E-state index contributed by atoms with van der Waals surface area (Å²) in [5.74, 6) is -0.0131. The fraction of sp³-hybridized carbons (Fsp3) is 0.308. The molecule has 0 spiro atoms. The quantitative estimate of drug-likeness (QED) is 0.793. The Morgan fingerprint density at radius 1 is 1.47 bits per heavy atom. The van der Waals surface area contributed by atoms with Gasteiger partial charge < -0.3 is 4.57 Å². The van der Waals surface area contributed by atoms with Crippen LogP contribution in [0.5, 0.6) is 0 Å². The minimum Gasteiger partial charge on any atom is -0.328 e.